The van der Waals surface area contributed by atoms with Gasteiger partial charge in [0, 0.05) is 31.5 Å². The van der Waals surface area contributed by atoms with E-state index < -0.39 is 11.2 Å². The lowest BCUT2D eigenvalue weighted by Gasteiger charge is -2.06. The fourth-order valence-electron chi connectivity index (χ4n) is 3.98. The lowest BCUT2D eigenvalue weighted by atomic mass is 10.2. The second-order valence-corrected chi connectivity index (χ2v) is 7.65. The molecule has 0 radical (unpaired) electrons. The first-order chi connectivity index (χ1) is 15.5. The predicted octanol–water partition coefficient (Wildman–Crippen LogP) is 2.87. The number of nitrogens with zero attached hydrogens (tertiary/aromatic N) is 5. The Hall–Kier alpha value is -4.33. The lowest BCUT2D eigenvalue weighted by molar-refractivity contribution is 0.475. The number of benzene rings is 2. The first-order valence-corrected chi connectivity index (χ1v) is 10.2. The molecule has 0 aliphatic carbocycles. The number of aromatic nitrogens is 5. The van der Waals surface area contributed by atoms with E-state index in [1.54, 1.807) is 35.7 Å². The van der Waals surface area contributed by atoms with E-state index in [4.69, 9.17) is 0 Å². The van der Waals surface area contributed by atoms with Crippen LogP contribution < -0.4 is 11.2 Å². The molecule has 8 nitrogen and oxygen atoms in total. The molecule has 32 heavy (non-hydrogen) atoms. The van der Waals surface area contributed by atoms with Crippen molar-refractivity contribution in [3.05, 3.63) is 99.0 Å². The van der Waals surface area contributed by atoms with Crippen LogP contribution in [0.1, 0.15) is 11.3 Å². The van der Waals surface area contributed by atoms with Gasteiger partial charge in [0.2, 0.25) is 5.78 Å². The maximum absolute atomic E-state index is 13.3. The highest BCUT2D eigenvalue weighted by Crippen LogP contribution is 2.23. The van der Waals surface area contributed by atoms with Crippen molar-refractivity contribution in [1.82, 2.24) is 23.1 Å². The Balaban J connectivity index is 1.69. The maximum Gasteiger partial charge on any atom is 0.332 e. The lowest BCUT2D eigenvalue weighted by Crippen LogP contribution is -2.39. The van der Waals surface area contributed by atoms with Gasteiger partial charge in [-0.2, -0.15) is 4.98 Å². The van der Waals surface area contributed by atoms with Crippen LogP contribution >= 0.6 is 0 Å². The number of fused-ring (bicyclic) bond motifs is 3. The van der Waals surface area contributed by atoms with Gasteiger partial charge in [0.25, 0.3) is 5.56 Å². The number of hydrogen-bond acceptors (Lipinski definition) is 4. The molecule has 0 saturated carbocycles. The van der Waals surface area contributed by atoms with Crippen molar-refractivity contribution in [2.45, 2.75) is 13.5 Å². The fourth-order valence-corrected chi connectivity index (χ4v) is 3.98. The number of aryl methyl sites for hydroxylation is 2. The zero-order valence-electron chi connectivity index (χ0n) is 17.6. The quantitative estimate of drug-likeness (QED) is 0.478. The van der Waals surface area contributed by atoms with Crippen molar-refractivity contribution in [2.24, 2.45) is 7.05 Å². The van der Waals surface area contributed by atoms with Crippen LogP contribution in [-0.4, -0.2) is 28.2 Å². The fraction of sp³-hybridized carbons (Fsp3) is 0.125. The molecule has 0 saturated heterocycles. The second-order valence-electron chi connectivity index (χ2n) is 7.65. The van der Waals surface area contributed by atoms with Gasteiger partial charge >= 0.3 is 5.69 Å². The van der Waals surface area contributed by atoms with Crippen molar-refractivity contribution < 1.29 is 5.11 Å². The van der Waals surface area contributed by atoms with Gasteiger partial charge < -0.3 is 5.11 Å². The van der Waals surface area contributed by atoms with Crippen LogP contribution in [0.2, 0.25) is 0 Å². The molecule has 0 fully saturated rings. The normalized spacial score (nSPS) is 11.8. The minimum absolute atomic E-state index is 0.129. The molecular formula is C24H21N5O3. The third-order valence-corrected chi connectivity index (χ3v) is 5.51. The largest absolute Gasteiger partial charge is 0.508 e. The van der Waals surface area contributed by atoms with Gasteiger partial charge in [-0.25, -0.2) is 4.79 Å². The number of allylic oxidation sites excluding steroid dienone is 1. The van der Waals surface area contributed by atoms with Crippen LogP contribution in [0.15, 0.2) is 76.5 Å². The van der Waals surface area contributed by atoms with E-state index in [0.29, 0.717) is 22.6 Å². The summed E-state index contributed by atoms with van der Waals surface area (Å²) in [4.78, 5) is 30.9. The Morgan fingerprint density at radius 3 is 2.59 bits per heavy atom. The molecular weight excluding hydrogens is 406 g/mol. The molecule has 160 valence electrons. The van der Waals surface area contributed by atoms with Gasteiger partial charge in [-0.1, -0.05) is 48.6 Å². The van der Waals surface area contributed by atoms with Crippen molar-refractivity contribution in [1.29, 1.82) is 0 Å². The Morgan fingerprint density at radius 1 is 1.06 bits per heavy atom. The SMILES string of the molecule is Cc1cn2c3c(=O)n(C/C=C\c4ccccc4)c(=O)n(C)c3nc2n1-c1cccc(O)c1. The summed E-state index contributed by atoms with van der Waals surface area (Å²) < 4.78 is 6.14. The molecule has 5 aromatic rings. The summed E-state index contributed by atoms with van der Waals surface area (Å²) in [5.41, 5.74) is 2.35. The van der Waals surface area contributed by atoms with E-state index in [9.17, 15) is 14.7 Å². The zero-order chi connectivity index (χ0) is 22.4. The summed E-state index contributed by atoms with van der Waals surface area (Å²) in [6.07, 6.45) is 5.49. The average molecular weight is 427 g/mol. The zero-order valence-corrected chi connectivity index (χ0v) is 17.6. The first-order valence-electron chi connectivity index (χ1n) is 10.2. The van der Waals surface area contributed by atoms with Crippen LogP contribution in [0, 0.1) is 6.92 Å². The van der Waals surface area contributed by atoms with Crippen molar-refractivity contribution in [2.75, 3.05) is 0 Å². The van der Waals surface area contributed by atoms with Gasteiger partial charge in [-0.05, 0) is 24.6 Å². The first kappa shape index (κ1) is 19.6. The van der Waals surface area contributed by atoms with Gasteiger partial charge in [0.05, 0.1) is 5.69 Å². The molecule has 3 heterocycles. The van der Waals surface area contributed by atoms with Gasteiger partial charge in [0.15, 0.2) is 11.2 Å². The topological polar surface area (TPSA) is 86.5 Å². The van der Waals surface area contributed by atoms with Crippen molar-refractivity contribution >= 4 is 23.0 Å². The molecule has 0 unspecified atom stereocenters. The highest BCUT2D eigenvalue weighted by atomic mass is 16.3. The Bertz CT molecular complexity index is 1620. The van der Waals surface area contributed by atoms with Crippen LogP contribution in [0.25, 0.3) is 28.7 Å². The van der Waals surface area contributed by atoms with Gasteiger partial charge in [-0.3, -0.25) is 22.9 Å². The number of phenolic OH excluding ortho intramolecular Hbond substituents is 1. The van der Waals surface area contributed by atoms with E-state index in [0.717, 1.165) is 11.3 Å². The van der Waals surface area contributed by atoms with E-state index in [-0.39, 0.29) is 12.3 Å². The molecule has 0 amide bonds. The molecule has 5 rings (SSSR count). The third kappa shape index (κ3) is 3.04. The molecule has 0 aliphatic rings. The highest BCUT2D eigenvalue weighted by Gasteiger charge is 2.20. The highest BCUT2D eigenvalue weighted by molar-refractivity contribution is 5.76. The Kier molecular flexibility index (Phi) is 4.55. The smallest absolute Gasteiger partial charge is 0.332 e. The van der Waals surface area contributed by atoms with E-state index in [2.05, 4.69) is 4.98 Å². The van der Waals surface area contributed by atoms with Gasteiger partial charge in [-0.15, -0.1) is 0 Å². The number of rotatable bonds is 4. The minimum Gasteiger partial charge on any atom is -0.508 e. The monoisotopic (exact) mass is 427 g/mol. The van der Waals surface area contributed by atoms with Crippen molar-refractivity contribution in [3.63, 3.8) is 0 Å². The summed E-state index contributed by atoms with van der Waals surface area (Å²) in [6.45, 7) is 2.05. The molecule has 3 aromatic heterocycles. The predicted molar refractivity (Wildman–Crippen MR) is 123 cm³/mol. The van der Waals surface area contributed by atoms with Crippen molar-refractivity contribution in [3.8, 4) is 11.4 Å². The molecule has 0 aliphatic heterocycles. The van der Waals surface area contributed by atoms with E-state index in [1.807, 2.05) is 60.2 Å². The van der Waals surface area contributed by atoms with E-state index >= 15 is 0 Å². The average Bonchev–Trinajstić information content (AvgIpc) is 3.30. The Labute approximate surface area is 182 Å². The third-order valence-electron chi connectivity index (χ3n) is 5.51. The summed E-state index contributed by atoms with van der Waals surface area (Å²) in [5.74, 6) is 0.623. The number of aromatic hydroxyl groups is 1. The molecule has 0 bridgehead atoms. The number of phenols is 1. The standard InChI is InChI=1S/C24H21N5O3/c1-16-15-28-20-21(25-23(28)29(16)18-11-6-12-19(30)14-18)26(2)24(32)27(22(20)31)13-7-10-17-8-4-3-5-9-17/h3-12,14-15,30H,13H2,1-2H3/b10-7-. The van der Waals surface area contributed by atoms with Crippen LogP contribution in [0.3, 0.4) is 0 Å². The Morgan fingerprint density at radius 2 is 1.84 bits per heavy atom. The molecule has 8 heteroatoms. The van der Waals surface area contributed by atoms with Crippen LogP contribution in [0.5, 0.6) is 5.75 Å². The van der Waals surface area contributed by atoms with Gasteiger partial charge in [0.1, 0.15) is 5.75 Å². The summed E-state index contributed by atoms with van der Waals surface area (Å²) >= 11 is 0. The van der Waals surface area contributed by atoms with Crippen LogP contribution in [0.4, 0.5) is 0 Å². The second kappa shape index (κ2) is 7.42. The minimum atomic E-state index is -0.429. The summed E-state index contributed by atoms with van der Waals surface area (Å²) in [7, 11) is 1.61. The van der Waals surface area contributed by atoms with E-state index in [1.165, 1.54) is 9.13 Å². The number of hydrogen-bond donors (Lipinski definition) is 1. The maximum atomic E-state index is 13.3. The molecule has 0 spiro atoms. The molecule has 2 aromatic carbocycles. The molecule has 0 atom stereocenters. The van der Waals surface area contributed by atoms with Crippen LogP contribution in [-0.2, 0) is 13.6 Å². The number of imidazole rings is 2. The molecule has 1 N–H and O–H groups in total. The summed E-state index contributed by atoms with van der Waals surface area (Å²) in [6, 6.07) is 16.5. The summed E-state index contributed by atoms with van der Waals surface area (Å²) in [5, 5.41) is 9.89.